The predicted molar refractivity (Wildman–Crippen MR) is 189 cm³/mol. The van der Waals surface area contributed by atoms with Gasteiger partial charge in [-0.05, 0) is 64.5 Å². The second-order valence-corrected chi connectivity index (χ2v) is 32.2. The Morgan fingerprint density at radius 3 is 0.913 bits per heavy atom. The maximum Gasteiger partial charge on any atom is 0.221 e. The zero-order valence-corrected chi connectivity index (χ0v) is 32.0. The molecule has 0 fully saturated rings. The van der Waals surface area contributed by atoms with Crippen LogP contribution in [-0.4, -0.2) is 79.0 Å². The van der Waals surface area contributed by atoms with E-state index in [0.29, 0.717) is 25.7 Å². The van der Waals surface area contributed by atoms with Gasteiger partial charge in [0.05, 0.1) is 22.8 Å². The monoisotopic (exact) mass is 692 g/mol. The summed E-state index contributed by atoms with van der Waals surface area (Å²) >= 11 is 0. The van der Waals surface area contributed by atoms with Crippen LogP contribution in [0.4, 0.5) is 0 Å². The molecule has 0 N–H and O–H groups in total. The third-order valence-electron chi connectivity index (χ3n) is 9.89. The summed E-state index contributed by atoms with van der Waals surface area (Å²) in [7, 11) is -9.37. The number of benzene rings is 2. The first-order chi connectivity index (χ1) is 21.7. The van der Waals surface area contributed by atoms with Crippen molar-refractivity contribution in [2.75, 3.05) is 0 Å². The molecule has 2 aromatic carbocycles. The Bertz CT molecular complexity index is 1440. The molecule has 5 aliphatic rings. The molecule has 14 heteroatoms. The van der Waals surface area contributed by atoms with Gasteiger partial charge in [0.15, 0.2) is 0 Å². The summed E-state index contributed by atoms with van der Waals surface area (Å²) in [4.78, 5) is 24.4. The number of nitrogens with zero attached hydrogens (tertiary/aromatic N) is 4. The van der Waals surface area contributed by atoms with Gasteiger partial charge in [0.2, 0.25) is 33.3 Å². The highest BCUT2D eigenvalue weighted by atomic mass is 28.4. The molecule has 0 spiro atoms. The first kappa shape index (κ1) is 31.7. The van der Waals surface area contributed by atoms with Crippen molar-refractivity contribution in [3.63, 3.8) is 0 Å². The van der Waals surface area contributed by atoms with Crippen molar-refractivity contribution in [2.45, 2.75) is 101 Å². The van der Waals surface area contributed by atoms with E-state index in [1.165, 1.54) is 0 Å². The van der Waals surface area contributed by atoms with E-state index in [2.05, 4.69) is 122 Å². The van der Waals surface area contributed by atoms with Crippen molar-refractivity contribution >= 4 is 56.1 Å². The van der Waals surface area contributed by atoms with Gasteiger partial charge >= 0.3 is 0 Å². The van der Waals surface area contributed by atoms with Crippen molar-refractivity contribution < 1.29 is 27.6 Å². The van der Waals surface area contributed by atoms with Crippen LogP contribution in [-0.2, 0) is 27.6 Å². The van der Waals surface area contributed by atoms with Crippen molar-refractivity contribution in [1.29, 1.82) is 0 Å². The fourth-order valence-electron chi connectivity index (χ4n) is 7.06. The second kappa shape index (κ2) is 11.4. The maximum absolute atomic E-state index is 7.06. The van der Waals surface area contributed by atoms with E-state index in [9.17, 15) is 0 Å². The molecule has 0 radical (unpaired) electrons. The summed E-state index contributed by atoms with van der Waals surface area (Å²) in [5.74, 6) is 0. The first-order valence-electron chi connectivity index (χ1n) is 16.2. The molecule has 0 aliphatic carbocycles. The maximum atomic E-state index is 7.06. The van der Waals surface area contributed by atoms with Crippen molar-refractivity contribution in [1.82, 2.24) is 0 Å². The highest BCUT2D eigenvalue weighted by Gasteiger charge is 2.51. The van der Waals surface area contributed by atoms with Gasteiger partial charge in [0.1, 0.15) is 22.9 Å². The average Bonchev–Trinajstić information content (AvgIpc) is 3.82. The molecule has 5 aliphatic heterocycles. The average molecular weight is 693 g/mol. The molecule has 7 rings (SSSR count). The number of hydrogen-bond acceptors (Lipinski definition) is 10. The van der Waals surface area contributed by atoms with E-state index in [4.69, 9.17) is 27.6 Å². The molecule has 0 unspecified atom stereocenters. The van der Waals surface area contributed by atoms with Gasteiger partial charge in [-0.15, -0.1) is 0 Å². The molecule has 244 valence electrons. The lowest BCUT2D eigenvalue weighted by molar-refractivity contribution is 0.111. The van der Waals surface area contributed by atoms with E-state index in [0.717, 1.165) is 45.1 Å². The molecule has 0 saturated carbocycles. The molecule has 4 atom stereocenters. The summed E-state index contributed by atoms with van der Waals surface area (Å²) in [6.07, 6.45) is 2.83. The van der Waals surface area contributed by atoms with Gasteiger partial charge in [0.25, 0.3) is 0 Å². The molecular formula is C32H44N4O6Si4. The summed E-state index contributed by atoms with van der Waals surface area (Å²) in [6.45, 7) is 17.8. The normalized spacial score (nSPS) is 30.3. The number of hydrogen-bond donors (Lipinski definition) is 0. The highest BCUT2D eigenvalue weighted by molar-refractivity contribution is 6.87. The summed E-state index contributed by atoms with van der Waals surface area (Å²) in [5, 5.41) is 18.3. The Balaban J connectivity index is 1.20. The molecule has 10 nitrogen and oxygen atoms in total. The lowest BCUT2D eigenvalue weighted by Gasteiger charge is -2.38. The van der Waals surface area contributed by atoms with Crippen LogP contribution in [0.15, 0.2) is 69.2 Å². The Hall–Kier alpha value is -2.89. The predicted octanol–water partition coefficient (Wildman–Crippen LogP) is 6.38. The number of oxime groups is 4. The molecule has 12 bridgehead atoms. The van der Waals surface area contributed by atoms with Crippen LogP contribution in [0, 0.1) is 0 Å². The van der Waals surface area contributed by atoms with Gasteiger partial charge in [0, 0.05) is 47.9 Å². The Labute approximate surface area is 275 Å². The molecule has 2 aromatic rings. The Morgan fingerprint density at radius 1 is 0.435 bits per heavy atom. The molecule has 0 saturated heterocycles. The second-order valence-electron chi connectivity index (χ2n) is 15.1. The van der Waals surface area contributed by atoms with Crippen LogP contribution in [0.5, 0.6) is 0 Å². The zero-order chi connectivity index (χ0) is 32.5. The zero-order valence-electron chi connectivity index (χ0n) is 28.0. The topological polar surface area (TPSA) is 105 Å². The largest absolute Gasteiger partial charge is 0.451 e. The SMILES string of the molecule is C[Si]1(C)O[Si](C)(C)[C@@H]2CC(=NO2)c2cccc(c2)C2=NO[C@H](C2)[Si](C)(C)O[Si](C)(C)[C@H]2CC(=NO2)c2cccc(c2)C2=NO[C@H]1C2. The smallest absolute Gasteiger partial charge is 0.221 e. The minimum absolute atomic E-state index is 0.0896. The van der Waals surface area contributed by atoms with Gasteiger partial charge in [-0.25, -0.2) is 0 Å². The molecule has 0 aromatic heterocycles. The van der Waals surface area contributed by atoms with E-state index >= 15 is 0 Å². The third kappa shape index (κ3) is 5.99. The number of rotatable bonds is 0. The van der Waals surface area contributed by atoms with Crippen LogP contribution in [0.25, 0.3) is 0 Å². The van der Waals surface area contributed by atoms with E-state index in [-0.39, 0.29) is 22.9 Å². The molecule has 46 heavy (non-hydrogen) atoms. The van der Waals surface area contributed by atoms with Crippen molar-refractivity contribution in [3.8, 4) is 0 Å². The van der Waals surface area contributed by atoms with Crippen LogP contribution in [0.2, 0.25) is 52.4 Å². The number of fused-ring (bicyclic) bond motifs is 16. The third-order valence-corrected chi connectivity index (χ3v) is 25.7. The van der Waals surface area contributed by atoms with Gasteiger partial charge < -0.3 is 27.6 Å². The minimum Gasteiger partial charge on any atom is -0.451 e. The van der Waals surface area contributed by atoms with Gasteiger partial charge in [-0.3, -0.25) is 0 Å². The Morgan fingerprint density at radius 2 is 0.674 bits per heavy atom. The van der Waals surface area contributed by atoms with Crippen molar-refractivity contribution in [2.24, 2.45) is 20.6 Å². The van der Waals surface area contributed by atoms with Gasteiger partial charge in [-0.2, -0.15) is 0 Å². The standard InChI is InChI=1S/C32H44N4O6Si4/c1-43(2)29-17-25(33-37-29)21-11-9-12-22(15-21)27-19-31(39-35-27)45(5,6)42-46(7,8)32-20-28(36-40-32)24-14-10-13-23(16-24)26-18-30(38-34-26)44(3,4)41-43/h9-16,29-32H,17-20H2,1-8H3/t29-,30-,31+,32+. The first-order valence-corrected chi connectivity index (χ1v) is 28.2. The van der Waals surface area contributed by atoms with Crippen LogP contribution in [0.3, 0.4) is 0 Å². The molecular weight excluding hydrogens is 649 g/mol. The van der Waals surface area contributed by atoms with E-state index < -0.39 is 33.3 Å². The fourth-order valence-corrected chi connectivity index (χ4v) is 24.0. The minimum atomic E-state index is -2.34. The van der Waals surface area contributed by atoms with Crippen LogP contribution >= 0.6 is 0 Å². The molecule has 5 heterocycles. The van der Waals surface area contributed by atoms with E-state index in [1.54, 1.807) is 0 Å². The van der Waals surface area contributed by atoms with Gasteiger partial charge in [-0.1, -0.05) is 57.0 Å². The summed E-state index contributed by atoms with van der Waals surface area (Å²) < 4.78 is 14.1. The highest BCUT2D eigenvalue weighted by Crippen LogP contribution is 2.35. The summed E-state index contributed by atoms with van der Waals surface area (Å²) in [5.41, 5.74) is 7.55. The quantitative estimate of drug-likeness (QED) is 0.297. The fraction of sp³-hybridized carbons (Fsp3) is 0.500. The lowest BCUT2D eigenvalue weighted by atomic mass is 10.0. The van der Waals surface area contributed by atoms with Crippen molar-refractivity contribution in [3.05, 3.63) is 70.8 Å². The van der Waals surface area contributed by atoms with Crippen LogP contribution < -0.4 is 0 Å². The Kier molecular flexibility index (Phi) is 7.83. The van der Waals surface area contributed by atoms with Crippen LogP contribution in [0.1, 0.15) is 47.9 Å². The molecule has 0 amide bonds. The van der Waals surface area contributed by atoms with E-state index in [1.807, 2.05) is 0 Å². The lowest BCUT2D eigenvalue weighted by Crippen LogP contribution is -2.57. The summed E-state index contributed by atoms with van der Waals surface area (Å²) in [6, 6.07) is 16.8.